The van der Waals surface area contributed by atoms with Crippen molar-refractivity contribution >= 4 is 0 Å². The Hall–Kier alpha value is -1.81. The third kappa shape index (κ3) is 2.44. The van der Waals surface area contributed by atoms with E-state index in [1.165, 1.54) is 24.8 Å². The predicted octanol–water partition coefficient (Wildman–Crippen LogP) is 2.34. The number of hydrogen-bond acceptors (Lipinski definition) is 2. The molecule has 0 atom stereocenters. The fourth-order valence-corrected chi connectivity index (χ4v) is 3.49. The van der Waals surface area contributed by atoms with Gasteiger partial charge in [0.05, 0.1) is 5.69 Å². The Morgan fingerprint density at radius 1 is 1.19 bits per heavy atom. The van der Waals surface area contributed by atoms with E-state index in [1.807, 2.05) is 18.3 Å². The molecule has 1 saturated carbocycles. The van der Waals surface area contributed by atoms with Gasteiger partial charge in [-0.3, -0.25) is 4.57 Å². The van der Waals surface area contributed by atoms with Crippen molar-refractivity contribution in [3.63, 3.8) is 0 Å². The van der Waals surface area contributed by atoms with Crippen LogP contribution in [0.25, 0.3) is 5.69 Å². The van der Waals surface area contributed by atoms with Gasteiger partial charge in [0, 0.05) is 31.4 Å². The highest BCUT2D eigenvalue weighted by atomic mass is 16.1. The van der Waals surface area contributed by atoms with Crippen molar-refractivity contribution in [2.24, 2.45) is 12.8 Å². The zero-order valence-corrected chi connectivity index (χ0v) is 12.6. The number of hydrogen-bond donors (Lipinski definition) is 1. The molecule has 0 spiro atoms. The van der Waals surface area contributed by atoms with E-state index in [-0.39, 0.29) is 11.1 Å². The summed E-state index contributed by atoms with van der Waals surface area (Å²) in [4.78, 5) is 12.1. The van der Waals surface area contributed by atoms with Crippen molar-refractivity contribution in [1.29, 1.82) is 0 Å². The van der Waals surface area contributed by atoms with E-state index in [0.717, 1.165) is 18.5 Å². The van der Waals surface area contributed by atoms with Crippen LogP contribution in [-0.2, 0) is 12.5 Å². The molecule has 0 bridgehead atoms. The molecule has 0 radical (unpaired) electrons. The van der Waals surface area contributed by atoms with Crippen molar-refractivity contribution in [2.45, 2.75) is 37.5 Å². The van der Waals surface area contributed by atoms with E-state index in [9.17, 15) is 4.79 Å². The second-order valence-electron chi connectivity index (χ2n) is 6.16. The molecular formula is C17H23N3O. The molecule has 21 heavy (non-hydrogen) atoms. The van der Waals surface area contributed by atoms with Crippen LogP contribution in [0.15, 0.2) is 41.5 Å². The van der Waals surface area contributed by atoms with Gasteiger partial charge < -0.3 is 10.3 Å². The van der Waals surface area contributed by atoms with E-state index in [2.05, 4.69) is 12.1 Å². The lowest BCUT2D eigenvalue weighted by molar-refractivity contribution is 0.301. The van der Waals surface area contributed by atoms with E-state index in [1.54, 1.807) is 22.4 Å². The highest BCUT2D eigenvalue weighted by Crippen LogP contribution is 2.39. The average Bonchev–Trinajstić information content (AvgIpc) is 2.88. The standard InChI is InChI=1S/C17H23N3O/c1-19-10-11-20(16(19)21)15-7-5-6-14(12-15)17(13-18)8-3-2-4-9-17/h5-7,10-12H,2-4,8-9,13,18H2,1H3. The summed E-state index contributed by atoms with van der Waals surface area (Å²) >= 11 is 0. The lowest BCUT2D eigenvalue weighted by Crippen LogP contribution is -2.37. The SMILES string of the molecule is Cn1ccn(-c2cccc(C3(CN)CCCCC3)c2)c1=O. The average molecular weight is 285 g/mol. The Morgan fingerprint density at radius 3 is 2.57 bits per heavy atom. The maximum atomic E-state index is 12.1. The summed E-state index contributed by atoms with van der Waals surface area (Å²) in [5, 5.41) is 0. The second kappa shape index (κ2) is 5.53. The number of imidazole rings is 1. The summed E-state index contributed by atoms with van der Waals surface area (Å²) in [5.41, 5.74) is 8.40. The van der Waals surface area contributed by atoms with E-state index in [4.69, 9.17) is 5.73 Å². The summed E-state index contributed by atoms with van der Waals surface area (Å²) < 4.78 is 3.28. The van der Waals surface area contributed by atoms with Crippen LogP contribution in [0.1, 0.15) is 37.7 Å². The summed E-state index contributed by atoms with van der Waals surface area (Å²) in [7, 11) is 1.77. The third-order valence-corrected chi connectivity index (χ3v) is 4.89. The molecular weight excluding hydrogens is 262 g/mol. The van der Waals surface area contributed by atoms with E-state index >= 15 is 0 Å². The monoisotopic (exact) mass is 285 g/mol. The quantitative estimate of drug-likeness (QED) is 0.941. The lowest BCUT2D eigenvalue weighted by atomic mass is 9.69. The van der Waals surface area contributed by atoms with Gasteiger partial charge in [-0.1, -0.05) is 31.4 Å². The Bertz CT molecular complexity index is 677. The molecule has 4 nitrogen and oxygen atoms in total. The van der Waals surface area contributed by atoms with E-state index < -0.39 is 0 Å². The van der Waals surface area contributed by atoms with Crippen molar-refractivity contribution in [3.05, 3.63) is 52.7 Å². The fraction of sp³-hybridized carbons (Fsp3) is 0.471. The van der Waals surface area contributed by atoms with Crippen LogP contribution in [0.5, 0.6) is 0 Å². The van der Waals surface area contributed by atoms with Crippen LogP contribution < -0.4 is 11.4 Å². The van der Waals surface area contributed by atoms with Crippen LogP contribution in [-0.4, -0.2) is 15.7 Å². The molecule has 1 aromatic carbocycles. The van der Waals surface area contributed by atoms with Crippen LogP contribution in [0.3, 0.4) is 0 Å². The van der Waals surface area contributed by atoms with Crippen LogP contribution >= 0.6 is 0 Å². The molecule has 4 heteroatoms. The summed E-state index contributed by atoms with van der Waals surface area (Å²) in [6, 6.07) is 8.32. The van der Waals surface area contributed by atoms with Crippen LogP contribution in [0.4, 0.5) is 0 Å². The van der Waals surface area contributed by atoms with E-state index in [0.29, 0.717) is 6.54 Å². The first-order valence-corrected chi connectivity index (χ1v) is 7.71. The Kier molecular flexibility index (Phi) is 3.72. The molecule has 1 aliphatic rings. The lowest BCUT2D eigenvalue weighted by Gasteiger charge is -2.37. The topological polar surface area (TPSA) is 52.9 Å². The Labute approximate surface area is 125 Å². The number of aromatic nitrogens is 2. The second-order valence-corrected chi connectivity index (χ2v) is 6.16. The minimum atomic E-state index is -0.0161. The van der Waals surface area contributed by atoms with Gasteiger partial charge in [0.15, 0.2) is 0 Å². The number of rotatable bonds is 3. The van der Waals surface area contributed by atoms with Gasteiger partial charge >= 0.3 is 5.69 Å². The minimum Gasteiger partial charge on any atom is -0.330 e. The zero-order chi connectivity index (χ0) is 14.9. The number of benzene rings is 1. The highest BCUT2D eigenvalue weighted by Gasteiger charge is 2.32. The number of aryl methyl sites for hydroxylation is 1. The molecule has 2 aromatic rings. The van der Waals surface area contributed by atoms with Crippen LogP contribution in [0, 0.1) is 0 Å². The largest absolute Gasteiger partial charge is 0.332 e. The molecule has 0 unspecified atom stereocenters. The molecule has 0 amide bonds. The van der Waals surface area contributed by atoms with Crippen molar-refractivity contribution in [1.82, 2.24) is 9.13 Å². The first-order chi connectivity index (χ1) is 10.2. The summed E-state index contributed by atoms with van der Waals surface area (Å²) in [6.07, 6.45) is 9.69. The Balaban J connectivity index is 2.03. The molecule has 1 heterocycles. The molecule has 1 aromatic heterocycles. The zero-order valence-electron chi connectivity index (χ0n) is 12.6. The molecule has 3 rings (SSSR count). The van der Waals surface area contributed by atoms with Crippen molar-refractivity contribution in [3.8, 4) is 5.69 Å². The summed E-state index contributed by atoms with van der Waals surface area (Å²) in [5.74, 6) is 0. The number of nitrogens with zero attached hydrogens (tertiary/aromatic N) is 2. The molecule has 112 valence electrons. The van der Waals surface area contributed by atoms with Gasteiger partial charge in [-0.25, -0.2) is 4.79 Å². The van der Waals surface area contributed by atoms with Gasteiger partial charge in [0.25, 0.3) is 0 Å². The smallest absolute Gasteiger partial charge is 0.330 e. The fourth-order valence-electron chi connectivity index (χ4n) is 3.49. The maximum absolute atomic E-state index is 12.1. The Morgan fingerprint density at radius 2 is 1.95 bits per heavy atom. The molecule has 0 saturated heterocycles. The van der Waals surface area contributed by atoms with Crippen molar-refractivity contribution < 1.29 is 0 Å². The highest BCUT2D eigenvalue weighted by molar-refractivity contribution is 5.40. The maximum Gasteiger partial charge on any atom is 0.332 e. The van der Waals surface area contributed by atoms with Gasteiger partial charge in [0.1, 0.15) is 0 Å². The first-order valence-electron chi connectivity index (χ1n) is 7.71. The number of nitrogens with two attached hydrogens (primary N) is 1. The third-order valence-electron chi connectivity index (χ3n) is 4.89. The van der Waals surface area contributed by atoms with Gasteiger partial charge in [-0.15, -0.1) is 0 Å². The van der Waals surface area contributed by atoms with Crippen LogP contribution in [0.2, 0.25) is 0 Å². The normalized spacial score (nSPS) is 17.8. The molecule has 2 N–H and O–H groups in total. The van der Waals surface area contributed by atoms with Gasteiger partial charge in [-0.05, 0) is 30.5 Å². The first kappa shape index (κ1) is 14.1. The van der Waals surface area contributed by atoms with Crippen molar-refractivity contribution in [2.75, 3.05) is 6.54 Å². The summed E-state index contributed by atoms with van der Waals surface area (Å²) in [6.45, 7) is 0.681. The molecule has 0 aliphatic heterocycles. The predicted molar refractivity (Wildman–Crippen MR) is 84.8 cm³/mol. The van der Waals surface area contributed by atoms with Gasteiger partial charge in [0.2, 0.25) is 0 Å². The minimum absolute atomic E-state index is 0.0161. The molecule has 1 aliphatic carbocycles. The molecule has 1 fully saturated rings. The van der Waals surface area contributed by atoms with Gasteiger partial charge in [-0.2, -0.15) is 0 Å².